The average molecular weight is 513 g/mol. The highest BCUT2D eigenvalue weighted by Crippen LogP contribution is 2.32. The van der Waals surface area contributed by atoms with Gasteiger partial charge in [0.25, 0.3) is 0 Å². The van der Waals surface area contributed by atoms with Crippen molar-refractivity contribution in [1.82, 2.24) is 9.55 Å². The summed E-state index contributed by atoms with van der Waals surface area (Å²) in [5, 5.41) is 4.22. The standard InChI is InChI=1S/C24H19BrClN3OS/c1-16-5-2-3-8-21(16)29-22(17-9-11-18(25)12-10-17)14-27-24(29)31-15-23(30)28-20-7-4-6-19(26)13-20/h2-14H,15H2,1H3,(H,28,30). The van der Waals surface area contributed by atoms with Gasteiger partial charge in [0.05, 0.1) is 23.3 Å². The van der Waals surface area contributed by atoms with E-state index in [1.54, 1.807) is 18.2 Å². The van der Waals surface area contributed by atoms with Gasteiger partial charge in [-0.05, 0) is 48.9 Å². The molecule has 4 nitrogen and oxygen atoms in total. The molecule has 0 aliphatic carbocycles. The molecule has 1 aromatic heterocycles. The SMILES string of the molecule is Cc1ccccc1-n1c(-c2ccc(Br)cc2)cnc1SCC(=O)Nc1cccc(Cl)c1. The minimum absolute atomic E-state index is 0.114. The van der Waals surface area contributed by atoms with Gasteiger partial charge in [0.1, 0.15) is 0 Å². The number of rotatable bonds is 6. The Morgan fingerprint density at radius 1 is 1.10 bits per heavy atom. The number of nitrogens with zero attached hydrogens (tertiary/aromatic N) is 2. The third-order valence-electron chi connectivity index (χ3n) is 4.67. The fourth-order valence-corrected chi connectivity index (χ4v) is 4.44. The highest BCUT2D eigenvalue weighted by Gasteiger charge is 2.17. The van der Waals surface area contributed by atoms with Crippen LogP contribution in [0.1, 0.15) is 5.56 Å². The summed E-state index contributed by atoms with van der Waals surface area (Å²) in [5.74, 6) is 0.117. The van der Waals surface area contributed by atoms with Crippen LogP contribution >= 0.6 is 39.3 Å². The molecule has 0 fully saturated rings. The maximum Gasteiger partial charge on any atom is 0.234 e. The summed E-state index contributed by atoms with van der Waals surface area (Å²) < 4.78 is 3.13. The van der Waals surface area contributed by atoms with Crippen molar-refractivity contribution in [3.05, 3.63) is 94.1 Å². The van der Waals surface area contributed by atoms with Crippen LogP contribution in [0.3, 0.4) is 0 Å². The fourth-order valence-electron chi connectivity index (χ4n) is 3.20. The van der Waals surface area contributed by atoms with Crippen LogP contribution in [0.25, 0.3) is 16.9 Å². The van der Waals surface area contributed by atoms with Crippen LogP contribution in [0.2, 0.25) is 5.02 Å². The van der Waals surface area contributed by atoms with Gasteiger partial charge in [-0.1, -0.05) is 75.7 Å². The van der Waals surface area contributed by atoms with Crippen molar-refractivity contribution in [3.8, 4) is 16.9 Å². The normalized spacial score (nSPS) is 10.8. The predicted octanol–water partition coefficient (Wildman–Crippen LogP) is 6.99. The Labute approximate surface area is 198 Å². The van der Waals surface area contributed by atoms with Gasteiger partial charge in [0, 0.05) is 20.7 Å². The van der Waals surface area contributed by atoms with Crippen LogP contribution in [0.15, 0.2) is 88.6 Å². The largest absolute Gasteiger partial charge is 0.325 e. The number of hydrogen-bond acceptors (Lipinski definition) is 3. The molecule has 3 aromatic carbocycles. The first-order valence-corrected chi connectivity index (χ1v) is 11.7. The minimum Gasteiger partial charge on any atom is -0.325 e. The highest BCUT2D eigenvalue weighted by atomic mass is 79.9. The third-order valence-corrected chi connectivity index (χ3v) is 6.38. The molecule has 0 bridgehead atoms. The lowest BCUT2D eigenvalue weighted by atomic mass is 10.1. The first-order chi connectivity index (χ1) is 15.0. The number of anilines is 1. The summed E-state index contributed by atoms with van der Waals surface area (Å²) in [7, 11) is 0. The number of carbonyl (C=O) groups is 1. The van der Waals surface area contributed by atoms with Gasteiger partial charge >= 0.3 is 0 Å². The number of imidazole rings is 1. The summed E-state index contributed by atoms with van der Waals surface area (Å²) in [6.07, 6.45) is 1.85. The number of para-hydroxylation sites is 1. The second-order valence-corrected chi connectivity index (χ2v) is 9.20. The number of benzene rings is 3. The van der Waals surface area contributed by atoms with Crippen LogP contribution < -0.4 is 5.32 Å². The van der Waals surface area contributed by atoms with Crippen molar-refractivity contribution < 1.29 is 4.79 Å². The number of nitrogens with one attached hydrogen (secondary N) is 1. The lowest BCUT2D eigenvalue weighted by molar-refractivity contribution is -0.113. The van der Waals surface area contributed by atoms with E-state index in [2.05, 4.69) is 62.0 Å². The average Bonchev–Trinajstić information content (AvgIpc) is 3.17. The zero-order valence-corrected chi connectivity index (χ0v) is 19.8. The molecular weight excluding hydrogens is 494 g/mol. The number of halogens is 2. The first-order valence-electron chi connectivity index (χ1n) is 9.59. The molecule has 0 unspecified atom stereocenters. The van der Waals surface area contributed by atoms with E-state index in [0.29, 0.717) is 10.7 Å². The topological polar surface area (TPSA) is 46.9 Å². The molecule has 4 aromatic rings. The zero-order chi connectivity index (χ0) is 21.8. The molecule has 0 spiro atoms. The first kappa shape index (κ1) is 21.7. The Hall–Kier alpha value is -2.54. The van der Waals surface area contributed by atoms with Gasteiger partial charge in [-0.25, -0.2) is 4.98 Å². The van der Waals surface area contributed by atoms with Crippen LogP contribution in [0.4, 0.5) is 5.69 Å². The van der Waals surface area contributed by atoms with Crippen molar-refractivity contribution >= 4 is 50.9 Å². The molecule has 0 aliphatic heterocycles. The zero-order valence-electron chi connectivity index (χ0n) is 16.7. The molecule has 1 heterocycles. The van der Waals surface area contributed by atoms with Crippen molar-refractivity contribution in [2.45, 2.75) is 12.1 Å². The predicted molar refractivity (Wildman–Crippen MR) is 132 cm³/mol. The maximum atomic E-state index is 12.5. The molecule has 7 heteroatoms. The molecule has 31 heavy (non-hydrogen) atoms. The van der Waals surface area contributed by atoms with E-state index >= 15 is 0 Å². The second kappa shape index (κ2) is 9.73. The van der Waals surface area contributed by atoms with Crippen molar-refractivity contribution in [3.63, 3.8) is 0 Å². The Balaban J connectivity index is 1.62. The van der Waals surface area contributed by atoms with E-state index in [1.165, 1.54) is 11.8 Å². The lowest BCUT2D eigenvalue weighted by Crippen LogP contribution is -2.14. The number of hydrogen-bond donors (Lipinski definition) is 1. The number of carbonyl (C=O) groups excluding carboxylic acids is 1. The van der Waals surface area contributed by atoms with E-state index in [4.69, 9.17) is 11.6 Å². The molecule has 0 atom stereocenters. The molecule has 0 saturated heterocycles. The Kier molecular flexibility index (Phi) is 6.80. The van der Waals surface area contributed by atoms with E-state index < -0.39 is 0 Å². The van der Waals surface area contributed by atoms with Gasteiger partial charge in [-0.3, -0.25) is 9.36 Å². The van der Waals surface area contributed by atoms with Gasteiger partial charge < -0.3 is 5.32 Å². The highest BCUT2D eigenvalue weighted by molar-refractivity contribution is 9.10. The van der Waals surface area contributed by atoms with Crippen LogP contribution in [-0.4, -0.2) is 21.2 Å². The summed E-state index contributed by atoms with van der Waals surface area (Å²) >= 11 is 10.9. The van der Waals surface area contributed by atoms with E-state index in [-0.39, 0.29) is 11.7 Å². The molecule has 0 aliphatic rings. The number of thioether (sulfide) groups is 1. The lowest BCUT2D eigenvalue weighted by Gasteiger charge is -2.14. The summed E-state index contributed by atoms with van der Waals surface area (Å²) in [6, 6.07) is 23.4. The number of aryl methyl sites for hydroxylation is 1. The van der Waals surface area contributed by atoms with Gasteiger partial charge in [-0.15, -0.1) is 0 Å². The molecule has 156 valence electrons. The maximum absolute atomic E-state index is 12.5. The van der Waals surface area contributed by atoms with Gasteiger partial charge in [0.2, 0.25) is 5.91 Å². The van der Waals surface area contributed by atoms with Crippen molar-refractivity contribution in [2.24, 2.45) is 0 Å². The smallest absolute Gasteiger partial charge is 0.234 e. The minimum atomic E-state index is -0.114. The molecule has 1 amide bonds. The third kappa shape index (κ3) is 5.21. The second-order valence-electron chi connectivity index (χ2n) is 6.90. The molecular formula is C24H19BrClN3OS. The van der Waals surface area contributed by atoms with E-state index in [0.717, 1.165) is 32.1 Å². The number of amides is 1. The van der Waals surface area contributed by atoms with Crippen molar-refractivity contribution in [2.75, 3.05) is 11.1 Å². The molecule has 1 N–H and O–H groups in total. The molecule has 0 saturated carbocycles. The fraction of sp³-hybridized carbons (Fsp3) is 0.0833. The Morgan fingerprint density at radius 2 is 1.87 bits per heavy atom. The quantitative estimate of drug-likeness (QED) is 0.283. The number of aromatic nitrogens is 2. The van der Waals surface area contributed by atoms with Gasteiger partial charge in [0.15, 0.2) is 5.16 Å². The molecule has 4 rings (SSSR count). The summed E-state index contributed by atoms with van der Waals surface area (Å²) in [5.41, 5.74) is 4.87. The van der Waals surface area contributed by atoms with E-state index in [9.17, 15) is 4.79 Å². The van der Waals surface area contributed by atoms with Crippen LogP contribution in [0, 0.1) is 6.92 Å². The Morgan fingerprint density at radius 3 is 2.61 bits per heavy atom. The van der Waals surface area contributed by atoms with Gasteiger partial charge in [-0.2, -0.15) is 0 Å². The molecule has 0 radical (unpaired) electrons. The Bertz CT molecular complexity index is 1220. The summed E-state index contributed by atoms with van der Waals surface area (Å²) in [6.45, 7) is 2.07. The van der Waals surface area contributed by atoms with Crippen LogP contribution in [-0.2, 0) is 4.79 Å². The van der Waals surface area contributed by atoms with Crippen LogP contribution in [0.5, 0.6) is 0 Å². The van der Waals surface area contributed by atoms with E-state index in [1.807, 2.05) is 36.5 Å². The van der Waals surface area contributed by atoms with Crippen molar-refractivity contribution in [1.29, 1.82) is 0 Å². The summed E-state index contributed by atoms with van der Waals surface area (Å²) in [4.78, 5) is 17.1. The monoisotopic (exact) mass is 511 g/mol.